The lowest BCUT2D eigenvalue weighted by molar-refractivity contribution is 0.153. The van der Waals surface area contributed by atoms with Crippen molar-refractivity contribution in [1.29, 1.82) is 0 Å². The van der Waals surface area contributed by atoms with E-state index in [1.165, 1.54) is 5.56 Å². The fraction of sp³-hybridized carbons (Fsp3) is 0.250. The van der Waals surface area contributed by atoms with Gasteiger partial charge in [0.15, 0.2) is 0 Å². The van der Waals surface area contributed by atoms with E-state index in [-0.39, 0.29) is 12.1 Å². The van der Waals surface area contributed by atoms with Crippen LogP contribution in [0.3, 0.4) is 0 Å². The molecule has 0 saturated carbocycles. The number of benzene rings is 2. The summed E-state index contributed by atoms with van der Waals surface area (Å²) in [7, 11) is 1.98. The molecule has 110 valence electrons. The van der Waals surface area contributed by atoms with Crippen LogP contribution in [0.1, 0.15) is 29.7 Å². The molecule has 0 bridgehead atoms. The van der Waals surface area contributed by atoms with Crippen molar-refractivity contribution in [1.82, 2.24) is 5.32 Å². The standard InChI is InChI=1S/C16H14Br2ClNO/c1-20-14-8-16(11-4-3-10(19)7-13(11)18)21-15-5-2-9(17)6-12(14)15/h2-7,14,16,20H,8H2,1H3. The maximum atomic E-state index is 6.19. The van der Waals surface area contributed by atoms with E-state index in [0.717, 1.165) is 31.7 Å². The minimum Gasteiger partial charge on any atom is -0.485 e. The van der Waals surface area contributed by atoms with Crippen molar-refractivity contribution >= 4 is 43.5 Å². The molecule has 0 amide bonds. The number of ether oxygens (including phenoxy) is 1. The minimum atomic E-state index is 0.00256. The van der Waals surface area contributed by atoms with Gasteiger partial charge in [0.05, 0.1) is 0 Å². The van der Waals surface area contributed by atoms with Crippen LogP contribution >= 0.6 is 43.5 Å². The summed E-state index contributed by atoms with van der Waals surface area (Å²) in [6.07, 6.45) is 0.878. The molecule has 2 atom stereocenters. The van der Waals surface area contributed by atoms with Crippen molar-refractivity contribution < 1.29 is 4.74 Å². The number of halogens is 3. The van der Waals surface area contributed by atoms with Crippen molar-refractivity contribution in [2.45, 2.75) is 18.6 Å². The van der Waals surface area contributed by atoms with Crippen LogP contribution in [-0.2, 0) is 0 Å². The average molecular weight is 432 g/mol. The quantitative estimate of drug-likeness (QED) is 0.664. The highest BCUT2D eigenvalue weighted by molar-refractivity contribution is 9.10. The molecular weight excluding hydrogens is 417 g/mol. The second kappa shape index (κ2) is 6.29. The maximum absolute atomic E-state index is 6.19. The molecule has 0 aromatic heterocycles. The Morgan fingerprint density at radius 2 is 1.95 bits per heavy atom. The Labute approximate surface area is 146 Å². The van der Waals surface area contributed by atoms with Gasteiger partial charge >= 0.3 is 0 Å². The Kier molecular flexibility index (Phi) is 4.60. The molecule has 2 aromatic rings. The second-order valence-electron chi connectivity index (χ2n) is 5.03. The Bertz CT molecular complexity index is 677. The topological polar surface area (TPSA) is 21.3 Å². The molecule has 0 aliphatic carbocycles. The highest BCUT2D eigenvalue weighted by atomic mass is 79.9. The first-order chi connectivity index (χ1) is 10.1. The molecule has 1 aliphatic heterocycles. The molecule has 0 fully saturated rings. The zero-order chi connectivity index (χ0) is 15.0. The lowest BCUT2D eigenvalue weighted by Crippen LogP contribution is -2.26. The minimum absolute atomic E-state index is 0.00256. The molecule has 2 aromatic carbocycles. The summed E-state index contributed by atoms with van der Waals surface area (Å²) < 4.78 is 8.24. The molecule has 0 radical (unpaired) electrons. The van der Waals surface area contributed by atoms with Crippen LogP contribution in [0.2, 0.25) is 5.02 Å². The summed E-state index contributed by atoms with van der Waals surface area (Å²) in [6.45, 7) is 0. The highest BCUT2D eigenvalue weighted by Crippen LogP contribution is 2.43. The number of hydrogen-bond acceptors (Lipinski definition) is 2. The van der Waals surface area contributed by atoms with Crippen LogP contribution in [0.15, 0.2) is 45.3 Å². The number of fused-ring (bicyclic) bond motifs is 1. The van der Waals surface area contributed by atoms with Crippen molar-refractivity contribution in [2.75, 3.05) is 7.05 Å². The summed E-state index contributed by atoms with van der Waals surface area (Å²) in [4.78, 5) is 0. The molecule has 2 unspecified atom stereocenters. The Morgan fingerprint density at radius 1 is 1.14 bits per heavy atom. The van der Waals surface area contributed by atoms with E-state index in [4.69, 9.17) is 16.3 Å². The zero-order valence-electron chi connectivity index (χ0n) is 11.4. The van der Waals surface area contributed by atoms with Crippen LogP contribution in [0.4, 0.5) is 0 Å². The number of nitrogens with one attached hydrogen (secondary N) is 1. The summed E-state index contributed by atoms with van der Waals surface area (Å²) in [5, 5.41) is 4.09. The predicted octanol–water partition coefficient (Wildman–Crippen LogP) is 5.65. The van der Waals surface area contributed by atoms with E-state index in [9.17, 15) is 0 Å². The van der Waals surface area contributed by atoms with Gasteiger partial charge in [0.25, 0.3) is 0 Å². The number of hydrogen-bond donors (Lipinski definition) is 1. The Morgan fingerprint density at radius 3 is 2.67 bits per heavy atom. The molecule has 0 spiro atoms. The van der Waals surface area contributed by atoms with E-state index in [0.29, 0.717) is 0 Å². The fourth-order valence-corrected chi connectivity index (χ4v) is 3.98. The molecule has 1 aliphatic rings. The smallest absolute Gasteiger partial charge is 0.127 e. The fourth-order valence-electron chi connectivity index (χ4n) is 2.67. The normalized spacial score (nSPS) is 20.8. The SMILES string of the molecule is CNC1CC(c2ccc(Cl)cc2Br)Oc2ccc(Br)cc21. The molecular formula is C16H14Br2ClNO. The van der Waals surface area contributed by atoms with Gasteiger partial charge in [-0.05, 0) is 37.4 Å². The van der Waals surface area contributed by atoms with Crippen LogP contribution in [0, 0.1) is 0 Å². The van der Waals surface area contributed by atoms with Gasteiger partial charge < -0.3 is 10.1 Å². The van der Waals surface area contributed by atoms with Gasteiger partial charge in [-0.1, -0.05) is 49.5 Å². The first kappa shape index (κ1) is 15.3. The van der Waals surface area contributed by atoms with Crippen LogP contribution < -0.4 is 10.1 Å². The first-order valence-electron chi connectivity index (χ1n) is 6.67. The largest absolute Gasteiger partial charge is 0.485 e. The molecule has 2 nitrogen and oxygen atoms in total. The van der Waals surface area contributed by atoms with E-state index in [1.54, 1.807) is 0 Å². The Balaban J connectivity index is 1.98. The lowest BCUT2D eigenvalue weighted by Gasteiger charge is -2.33. The summed E-state index contributed by atoms with van der Waals surface area (Å²) in [5.74, 6) is 0.927. The van der Waals surface area contributed by atoms with Gasteiger partial charge in [-0.2, -0.15) is 0 Å². The second-order valence-corrected chi connectivity index (χ2v) is 7.24. The first-order valence-corrected chi connectivity index (χ1v) is 8.63. The highest BCUT2D eigenvalue weighted by Gasteiger charge is 2.29. The monoisotopic (exact) mass is 429 g/mol. The number of rotatable bonds is 2. The molecule has 3 rings (SSSR count). The zero-order valence-corrected chi connectivity index (χ0v) is 15.3. The third-order valence-corrected chi connectivity index (χ3v) is 5.14. The van der Waals surface area contributed by atoms with Crippen LogP contribution in [0.25, 0.3) is 0 Å². The van der Waals surface area contributed by atoms with Crippen molar-refractivity contribution in [3.05, 3.63) is 61.5 Å². The van der Waals surface area contributed by atoms with Gasteiger partial charge in [0.2, 0.25) is 0 Å². The average Bonchev–Trinajstić information content (AvgIpc) is 2.46. The van der Waals surface area contributed by atoms with Crippen LogP contribution in [-0.4, -0.2) is 7.05 Å². The summed E-state index contributed by atoms with van der Waals surface area (Å²) >= 11 is 13.1. The predicted molar refractivity (Wildman–Crippen MR) is 93.1 cm³/mol. The van der Waals surface area contributed by atoms with Gasteiger partial charge in [0.1, 0.15) is 11.9 Å². The van der Waals surface area contributed by atoms with E-state index in [2.05, 4.69) is 43.2 Å². The van der Waals surface area contributed by atoms with Gasteiger partial charge in [-0.3, -0.25) is 0 Å². The molecule has 0 saturated heterocycles. The molecule has 1 heterocycles. The van der Waals surface area contributed by atoms with E-state index >= 15 is 0 Å². The summed E-state index contributed by atoms with van der Waals surface area (Å²) in [5.41, 5.74) is 2.31. The van der Waals surface area contributed by atoms with Crippen LogP contribution in [0.5, 0.6) is 5.75 Å². The molecule has 21 heavy (non-hydrogen) atoms. The third kappa shape index (κ3) is 3.14. The Hall–Kier alpha value is -0.550. The van der Waals surface area contributed by atoms with Crippen molar-refractivity contribution in [3.8, 4) is 5.75 Å². The van der Waals surface area contributed by atoms with Crippen molar-refractivity contribution in [2.24, 2.45) is 0 Å². The maximum Gasteiger partial charge on any atom is 0.127 e. The van der Waals surface area contributed by atoms with Gasteiger partial charge in [-0.15, -0.1) is 0 Å². The lowest BCUT2D eigenvalue weighted by atomic mass is 9.93. The van der Waals surface area contributed by atoms with E-state index in [1.807, 2.05) is 37.4 Å². The summed E-state index contributed by atoms with van der Waals surface area (Å²) in [6, 6.07) is 12.2. The molecule has 1 N–H and O–H groups in total. The van der Waals surface area contributed by atoms with Gasteiger partial charge in [0, 0.05) is 37.6 Å². The van der Waals surface area contributed by atoms with E-state index < -0.39 is 0 Å². The molecule has 5 heteroatoms. The third-order valence-electron chi connectivity index (χ3n) is 3.72. The van der Waals surface area contributed by atoms with Crippen molar-refractivity contribution in [3.63, 3.8) is 0 Å². The van der Waals surface area contributed by atoms with Gasteiger partial charge in [-0.25, -0.2) is 0 Å².